The molecular formula is C17H25N3O4S3. The molecule has 0 bridgehead atoms. The largest absolute Gasteiger partial charge is 0.376 e. The molecule has 10 heteroatoms. The van der Waals surface area contributed by atoms with Crippen molar-refractivity contribution >= 4 is 43.3 Å². The van der Waals surface area contributed by atoms with Crippen LogP contribution in [-0.2, 0) is 27.7 Å². The summed E-state index contributed by atoms with van der Waals surface area (Å²) in [4.78, 5) is 19.9. The van der Waals surface area contributed by atoms with Crippen molar-refractivity contribution in [2.24, 2.45) is 5.14 Å². The molecule has 2 aromatic heterocycles. The van der Waals surface area contributed by atoms with Gasteiger partial charge < -0.3 is 4.74 Å². The van der Waals surface area contributed by atoms with E-state index in [0.29, 0.717) is 29.3 Å². The predicted octanol–water partition coefficient (Wildman–Crippen LogP) is 2.28. The first-order valence-electron chi connectivity index (χ1n) is 9.08. The Morgan fingerprint density at radius 1 is 1.44 bits per heavy atom. The number of hydrogen-bond donors (Lipinski definition) is 1. The van der Waals surface area contributed by atoms with Gasteiger partial charge in [0, 0.05) is 17.2 Å². The lowest BCUT2D eigenvalue weighted by molar-refractivity contribution is 0.0937. The molecule has 1 saturated heterocycles. The number of nitrogens with zero attached hydrogens (tertiary/aromatic N) is 2. The van der Waals surface area contributed by atoms with Crippen molar-refractivity contribution in [3.8, 4) is 0 Å². The molecule has 1 unspecified atom stereocenters. The second kappa shape index (κ2) is 8.60. The smallest absolute Gasteiger partial charge is 0.263 e. The first-order chi connectivity index (χ1) is 12.8. The summed E-state index contributed by atoms with van der Waals surface area (Å²) in [5.74, 6) is 0.460. The second-order valence-electron chi connectivity index (χ2n) is 6.68. The second-order valence-corrected chi connectivity index (χ2v) is 10.7. The predicted molar refractivity (Wildman–Crippen MR) is 110 cm³/mol. The van der Waals surface area contributed by atoms with Crippen molar-refractivity contribution in [2.75, 3.05) is 18.1 Å². The van der Waals surface area contributed by atoms with Gasteiger partial charge in [-0.1, -0.05) is 18.7 Å². The molecule has 27 heavy (non-hydrogen) atoms. The van der Waals surface area contributed by atoms with E-state index in [1.165, 1.54) is 11.8 Å². The van der Waals surface area contributed by atoms with E-state index in [0.717, 1.165) is 41.1 Å². The molecule has 0 aromatic carbocycles. The zero-order valence-corrected chi connectivity index (χ0v) is 18.0. The van der Waals surface area contributed by atoms with E-state index in [1.807, 2.05) is 13.8 Å². The monoisotopic (exact) mass is 431 g/mol. The molecule has 3 heterocycles. The van der Waals surface area contributed by atoms with Crippen molar-refractivity contribution in [3.63, 3.8) is 0 Å². The molecule has 0 radical (unpaired) electrons. The van der Waals surface area contributed by atoms with Crippen LogP contribution in [0.2, 0.25) is 0 Å². The Balaban J connectivity index is 1.95. The van der Waals surface area contributed by atoms with E-state index < -0.39 is 10.0 Å². The number of aryl methyl sites for hydroxylation is 2. The third kappa shape index (κ3) is 4.92. The molecule has 2 N–H and O–H groups in total. The van der Waals surface area contributed by atoms with Gasteiger partial charge in [-0.15, -0.1) is 11.3 Å². The van der Waals surface area contributed by atoms with Gasteiger partial charge in [0.05, 0.1) is 23.8 Å². The van der Waals surface area contributed by atoms with Gasteiger partial charge >= 0.3 is 0 Å². The standard InChI is InChI=1S/C17H25N3O4S3/c1-3-13-11(2)26-15-14(13)16(21)20(10-12-6-4-7-24-12)17(19-15)25-8-5-9-27(18,22)23/h12H,3-10H2,1-2H3,(H2,18,22,23). The molecule has 1 aliphatic heterocycles. The normalized spacial score (nSPS) is 17.8. The summed E-state index contributed by atoms with van der Waals surface area (Å²) >= 11 is 2.95. The summed E-state index contributed by atoms with van der Waals surface area (Å²) in [6.45, 7) is 5.28. The minimum absolute atomic E-state index is 0.0225. The third-order valence-electron chi connectivity index (χ3n) is 4.65. The number of sulfonamides is 1. The van der Waals surface area contributed by atoms with Crippen molar-refractivity contribution in [1.82, 2.24) is 9.55 Å². The molecule has 0 spiro atoms. The van der Waals surface area contributed by atoms with Crippen molar-refractivity contribution in [2.45, 2.75) is 57.3 Å². The number of thioether (sulfide) groups is 1. The topological polar surface area (TPSA) is 104 Å². The summed E-state index contributed by atoms with van der Waals surface area (Å²) in [7, 11) is -3.48. The van der Waals surface area contributed by atoms with Gasteiger partial charge in [-0.3, -0.25) is 9.36 Å². The fraction of sp³-hybridized carbons (Fsp3) is 0.647. The van der Waals surface area contributed by atoms with E-state index in [2.05, 4.69) is 0 Å². The fourth-order valence-corrected chi connectivity index (χ4v) is 6.18. The molecule has 0 amide bonds. The number of fused-ring (bicyclic) bond motifs is 1. The zero-order chi connectivity index (χ0) is 19.6. The summed E-state index contributed by atoms with van der Waals surface area (Å²) in [5, 5.41) is 6.41. The minimum Gasteiger partial charge on any atom is -0.376 e. The summed E-state index contributed by atoms with van der Waals surface area (Å²) < 4.78 is 29.7. The van der Waals surface area contributed by atoms with Crippen molar-refractivity contribution < 1.29 is 13.2 Å². The van der Waals surface area contributed by atoms with Crippen LogP contribution in [0.3, 0.4) is 0 Å². The number of ether oxygens (including phenoxy) is 1. The Morgan fingerprint density at radius 3 is 2.85 bits per heavy atom. The average Bonchev–Trinajstić information content (AvgIpc) is 3.20. The van der Waals surface area contributed by atoms with Crippen LogP contribution < -0.4 is 10.7 Å². The molecule has 1 aliphatic rings. The van der Waals surface area contributed by atoms with E-state index >= 15 is 0 Å². The fourth-order valence-electron chi connectivity index (χ4n) is 3.34. The number of thiophene rings is 1. The van der Waals surface area contributed by atoms with Crippen LogP contribution in [0.15, 0.2) is 9.95 Å². The number of rotatable bonds is 8. The molecule has 1 fully saturated rings. The van der Waals surface area contributed by atoms with Gasteiger partial charge in [-0.25, -0.2) is 18.5 Å². The molecule has 150 valence electrons. The minimum atomic E-state index is -3.48. The highest BCUT2D eigenvalue weighted by Gasteiger charge is 2.22. The van der Waals surface area contributed by atoms with Gasteiger partial charge in [0.2, 0.25) is 10.0 Å². The Kier molecular flexibility index (Phi) is 6.62. The highest BCUT2D eigenvalue weighted by Crippen LogP contribution is 2.30. The maximum absolute atomic E-state index is 13.3. The van der Waals surface area contributed by atoms with E-state index in [1.54, 1.807) is 15.9 Å². The molecule has 0 saturated carbocycles. The third-order valence-corrected chi connectivity index (χ3v) is 7.61. The molecule has 1 atom stereocenters. The molecule has 0 aliphatic carbocycles. The average molecular weight is 432 g/mol. The van der Waals surface area contributed by atoms with Gasteiger partial charge in [0.25, 0.3) is 5.56 Å². The number of nitrogens with two attached hydrogens (primary N) is 1. The first-order valence-corrected chi connectivity index (χ1v) is 12.6. The van der Waals surface area contributed by atoms with Crippen LogP contribution in [-0.4, -0.2) is 42.2 Å². The van der Waals surface area contributed by atoms with Crippen molar-refractivity contribution in [1.29, 1.82) is 0 Å². The lowest BCUT2D eigenvalue weighted by Gasteiger charge is -2.16. The van der Waals surface area contributed by atoms with Crippen molar-refractivity contribution in [3.05, 3.63) is 20.8 Å². The number of aromatic nitrogens is 2. The van der Waals surface area contributed by atoms with E-state index in [4.69, 9.17) is 14.9 Å². The van der Waals surface area contributed by atoms with Gasteiger partial charge in [-0.2, -0.15) is 0 Å². The van der Waals surface area contributed by atoms with Crippen LogP contribution >= 0.6 is 23.1 Å². The molecular weight excluding hydrogens is 406 g/mol. The molecule has 7 nitrogen and oxygen atoms in total. The highest BCUT2D eigenvalue weighted by molar-refractivity contribution is 7.99. The van der Waals surface area contributed by atoms with Gasteiger partial charge in [0.1, 0.15) is 4.83 Å². The summed E-state index contributed by atoms with van der Waals surface area (Å²) in [5.41, 5.74) is 1.05. The maximum atomic E-state index is 13.3. The zero-order valence-electron chi connectivity index (χ0n) is 15.6. The van der Waals surface area contributed by atoms with Crippen LogP contribution in [0.5, 0.6) is 0 Å². The SMILES string of the molecule is CCc1c(C)sc2nc(SCCCS(N)(=O)=O)n(CC3CCCO3)c(=O)c12. The van der Waals surface area contributed by atoms with Crippen LogP contribution in [0.25, 0.3) is 10.2 Å². The number of hydrogen-bond acceptors (Lipinski definition) is 7. The van der Waals surface area contributed by atoms with Gasteiger partial charge in [0.15, 0.2) is 5.16 Å². The maximum Gasteiger partial charge on any atom is 0.263 e. The first kappa shape index (κ1) is 20.8. The van der Waals surface area contributed by atoms with E-state index in [9.17, 15) is 13.2 Å². The number of primary sulfonamides is 1. The Bertz CT molecular complexity index is 975. The van der Waals surface area contributed by atoms with Gasteiger partial charge in [-0.05, 0) is 38.2 Å². The van der Waals surface area contributed by atoms with Crippen LogP contribution in [0.4, 0.5) is 0 Å². The lowest BCUT2D eigenvalue weighted by atomic mass is 10.1. The quantitative estimate of drug-likeness (QED) is 0.391. The highest BCUT2D eigenvalue weighted by atomic mass is 32.2. The Hall–Kier alpha value is -0.940. The van der Waals surface area contributed by atoms with Crippen LogP contribution in [0.1, 0.15) is 36.6 Å². The molecule has 3 rings (SSSR count). The van der Waals surface area contributed by atoms with Crippen LogP contribution in [0, 0.1) is 6.92 Å². The van der Waals surface area contributed by atoms with E-state index in [-0.39, 0.29) is 17.4 Å². The Labute approximate surface area is 167 Å². The molecule has 2 aromatic rings. The summed E-state index contributed by atoms with van der Waals surface area (Å²) in [6.07, 6.45) is 3.17. The summed E-state index contributed by atoms with van der Waals surface area (Å²) in [6, 6.07) is 0. The Morgan fingerprint density at radius 2 is 2.22 bits per heavy atom. The lowest BCUT2D eigenvalue weighted by Crippen LogP contribution is -2.29.